The van der Waals surface area contributed by atoms with Crippen LogP contribution in [0, 0.1) is 11.8 Å². The Morgan fingerprint density at radius 3 is 2.85 bits per heavy atom. The minimum atomic E-state index is -0.378. The van der Waals surface area contributed by atoms with Gasteiger partial charge in [0.2, 0.25) is 5.91 Å². The molecule has 1 aromatic heterocycles. The van der Waals surface area contributed by atoms with Crippen molar-refractivity contribution >= 4 is 11.5 Å². The molecule has 1 aromatic rings. The summed E-state index contributed by atoms with van der Waals surface area (Å²) in [5.74, 6) is -0.613. The van der Waals surface area contributed by atoms with Crippen molar-refractivity contribution in [2.24, 2.45) is 11.8 Å². The normalized spacial score (nSPS) is 29.4. The number of carbonyl (C=O) groups excluding carboxylic acids is 1. The lowest BCUT2D eigenvalue weighted by Crippen LogP contribution is -2.44. The number of morpholine rings is 1. The van der Waals surface area contributed by atoms with E-state index < -0.39 is 0 Å². The number of aliphatic hydroxyl groups excluding tert-OH is 1. The molecule has 5 rings (SSSR count). The Kier molecular flexibility index (Phi) is 6.97. The van der Waals surface area contributed by atoms with E-state index in [0.29, 0.717) is 13.1 Å². The number of nitrogens with one attached hydrogen (secondary N) is 2. The van der Waals surface area contributed by atoms with Crippen LogP contribution in [0.25, 0.3) is 5.57 Å². The summed E-state index contributed by atoms with van der Waals surface area (Å²) in [7, 11) is 0. The topological polar surface area (TPSA) is 95.8 Å². The Labute approximate surface area is 195 Å². The summed E-state index contributed by atoms with van der Waals surface area (Å²) < 4.78 is 7.24. The summed E-state index contributed by atoms with van der Waals surface area (Å²) in [4.78, 5) is 29.0. The second-order valence-electron chi connectivity index (χ2n) is 9.78. The molecule has 4 atom stereocenters. The van der Waals surface area contributed by atoms with Gasteiger partial charge in [-0.15, -0.1) is 0 Å². The molecule has 1 aliphatic carbocycles. The van der Waals surface area contributed by atoms with E-state index in [-0.39, 0.29) is 42.0 Å². The van der Waals surface area contributed by atoms with Crippen molar-refractivity contribution in [3.8, 4) is 0 Å². The smallest absolute Gasteiger partial charge is 0.258 e. The highest BCUT2D eigenvalue weighted by Crippen LogP contribution is 2.41. The first kappa shape index (κ1) is 22.8. The van der Waals surface area contributed by atoms with Crippen molar-refractivity contribution in [1.82, 2.24) is 20.1 Å². The highest BCUT2D eigenvalue weighted by atomic mass is 16.5. The molecule has 0 radical (unpaired) electrons. The van der Waals surface area contributed by atoms with Gasteiger partial charge in [0, 0.05) is 56.0 Å². The SMILES string of the molecule is O=C(NCCCN1CCOCC1)[C@H]1[C@H](CO)[C@H]2Cn3c(ccc(C4=CCCCC4)c3=O)[C@@H]1N2. The molecule has 3 N–H and O–H groups in total. The van der Waals surface area contributed by atoms with Crippen molar-refractivity contribution in [2.45, 2.75) is 50.7 Å². The average molecular weight is 457 g/mol. The predicted molar refractivity (Wildman–Crippen MR) is 126 cm³/mol. The molecule has 4 heterocycles. The molecule has 2 bridgehead atoms. The fraction of sp³-hybridized carbons (Fsp3) is 0.680. The number of ether oxygens (including phenoxy) is 1. The van der Waals surface area contributed by atoms with Gasteiger partial charge in [-0.2, -0.15) is 0 Å². The zero-order valence-corrected chi connectivity index (χ0v) is 19.3. The Morgan fingerprint density at radius 2 is 2.09 bits per heavy atom. The number of allylic oxidation sites excluding steroid dienone is 2. The molecule has 33 heavy (non-hydrogen) atoms. The van der Waals surface area contributed by atoms with Crippen LogP contribution in [0.3, 0.4) is 0 Å². The quantitative estimate of drug-likeness (QED) is 0.528. The van der Waals surface area contributed by atoms with Gasteiger partial charge in [0.15, 0.2) is 0 Å². The molecule has 180 valence electrons. The number of nitrogens with zero attached hydrogens (tertiary/aromatic N) is 2. The fourth-order valence-electron chi connectivity index (χ4n) is 6.03. The van der Waals surface area contributed by atoms with Gasteiger partial charge >= 0.3 is 0 Å². The van der Waals surface area contributed by atoms with Crippen LogP contribution in [0.2, 0.25) is 0 Å². The summed E-state index contributed by atoms with van der Waals surface area (Å²) in [5, 5.41) is 16.8. The van der Waals surface area contributed by atoms with Gasteiger partial charge in [0.05, 0.1) is 25.2 Å². The Hall–Kier alpha value is -2.00. The standard InChI is InChI=1S/C25H36N4O4/c30-16-19-20-15-29-21(8-7-18(25(29)32)17-5-2-1-3-6-17)23(27-20)22(19)24(31)26-9-4-10-28-11-13-33-14-12-28/h5,7-8,19-20,22-23,27,30H,1-4,6,9-16H2,(H,26,31)/t19-,20-,22+,23+/m1/s1. The van der Waals surface area contributed by atoms with Crippen molar-refractivity contribution in [2.75, 3.05) is 46.0 Å². The highest BCUT2D eigenvalue weighted by Gasteiger charge is 2.50. The zero-order valence-electron chi connectivity index (χ0n) is 19.3. The third-order valence-corrected chi connectivity index (χ3v) is 7.84. The third kappa shape index (κ3) is 4.54. The van der Waals surface area contributed by atoms with Crippen molar-refractivity contribution < 1.29 is 14.6 Å². The van der Waals surface area contributed by atoms with Crippen LogP contribution in [0.4, 0.5) is 0 Å². The third-order valence-electron chi connectivity index (χ3n) is 7.84. The number of pyridine rings is 1. The van der Waals surface area contributed by atoms with Gasteiger partial charge in [-0.1, -0.05) is 6.08 Å². The van der Waals surface area contributed by atoms with E-state index in [9.17, 15) is 14.7 Å². The minimum absolute atomic E-state index is 0.0315. The van der Waals surface area contributed by atoms with Crippen molar-refractivity contribution in [1.29, 1.82) is 0 Å². The first-order chi connectivity index (χ1) is 16.2. The van der Waals surface area contributed by atoms with Gasteiger partial charge in [-0.3, -0.25) is 14.5 Å². The molecule has 0 spiro atoms. The fourth-order valence-corrected chi connectivity index (χ4v) is 6.03. The lowest BCUT2D eigenvalue weighted by molar-refractivity contribution is -0.127. The first-order valence-electron chi connectivity index (χ1n) is 12.5. The van der Waals surface area contributed by atoms with E-state index in [1.807, 2.05) is 16.7 Å². The Morgan fingerprint density at radius 1 is 1.24 bits per heavy atom. The maximum atomic E-state index is 13.4. The van der Waals surface area contributed by atoms with Gasteiger partial charge in [0.25, 0.3) is 5.56 Å². The van der Waals surface area contributed by atoms with E-state index in [0.717, 1.165) is 75.4 Å². The lowest BCUT2D eigenvalue weighted by atomic mass is 9.86. The van der Waals surface area contributed by atoms with Crippen LogP contribution in [-0.2, 0) is 16.1 Å². The second kappa shape index (κ2) is 10.1. The first-order valence-corrected chi connectivity index (χ1v) is 12.5. The summed E-state index contributed by atoms with van der Waals surface area (Å²) in [6.45, 7) is 5.43. The van der Waals surface area contributed by atoms with Crippen LogP contribution in [0.5, 0.6) is 0 Å². The number of hydrogen-bond acceptors (Lipinski definition) is 6. The Bertz CT molecular complexity index is 952. The van der Waals surface area contributed by atoms with Crippen molar-refractivity contribution in [3.05, 3.63) is 39.8 Å². The summed E-state index contributed by atoms with van der Waals surface area (Å²) in [6.07, 6.45) is 7.38. The number of aliphatic hydroxyl groups is 1. The van der Waals surface area contributed by atoms with E-state index in [1.165, 1.54) is 6.42 Å². The number of carbonyl (C=O) groups is 1. The van der Waals surface area contributed by atoms with Crippen LogP contribution in [0.15, 0.2) is 23.0 Å². The molecule has 0 aromatic carbocycles. The largest absolute Gasteiger partial charge is 0.396 e. The molecule has 8 heteroatoms. The summed E-state index contributed by atoms with van der Waals surface area (Å²) >= 11 is 0. The second-order valence-corrected chi connectivity index (χ2v) is 9.78. The van der Waals surface area contributed by atoms with Crippen LogP contribution >= 0.6 is 0 Å². The summed E-state index contributed by atoms with van der Waals surface area (Å²) in [5.41, 5.74) is 2.85. The van der Waals surface area contributed by atoms with Gasteiger partial charge in [-0.05, 0) is 56.4 Å². The average Bonchev–Trinajstić information content (AvgIpc) is 3.16. The number of amides is 1. The lowest BCUT2D eigenvalue weighted by Gasteiger charge is -2.28. The zero-order chi connectivity index (χ0) is 22.8. The number of aromatic nitrogens is 1. The van der Waals surface area contributed by atoms with Crippen LogP contribution in [-0.4, -0.2) is 72.5 Å². The van der Waals surface area contributed by atoms with Crippen LogP contribution < -0.4 is 16.2 Å². The minimum Gasteiger partial charge on any atom is -0.396 e. The summed E-state index contributed by atoms with van der Waals surface area (Å²) in [6, 6.07) is 3.63. The maximum Gasteiger partial charge on any atom is 0.258 e. The number of rotatable bonds is 7. The molecule has 4 aliphatic rings. The predicted octanol–water partition coefficient (Wildman–Crippen LogP) is 0.895. The molecular formula is C25H36N4O4. The molecule has 3 aliphatic heterocycles. The molecule has 8 nitrogen and oxygen atoms in total. The molecule has 0 unspecified atom stereocenters. The van der Waals surface area contributed by atoms with Gasteiger partial charge in [0.1, 0.15) is 0 Å². The number of hydrogen-bond donors (Lipinski definition) is 3. The highest BCUT2D eigenvalue weighted by molar-refractivity contribution is 5.80. The van der Waals surface area contributed by atoms with Gasteiger partial charge < -0.3 is 25.0 Å². The van der Waals surface area contributed by atoms with Crippen LogP contribution in [0.1, 0.15) is 49.4 Å². The van der Waals surface area contributed by atoms with Crippen molar-refractivity contribution in [3.63, 3.8) is 0 Å². The van der Waals surface area contributed by atoms with E-state index in [1.54, 1.807) is 0 Å². The van der Waals surface area contributed by atoms with E-state index in [2.05, 4.69) is 21.6 Å². The Balaban J connectivity index is 1.29. The van der Waals surface area contributed by atoms with E-state index >= 15 is 0 Å². The maximum absolute atomic E-state index is 13.4. The van der Waals surface area contributed by atoms with E-state index in [4.69, 9.17) is 4.74 Å². The molecule has 0 saturated carbocycles. The number of fused-ring (bicyclic) bond motifs is 4. The monoisotopic (exact) mass is 456 g/mol. The van der Waals surface area contributed by atoms with Gasteiger partial charge in [-0.25, -0.2) is 0 Å². The molecule has 2 saturated heterocycles. The molecule has 1 amide bonds. The molecular weight excluding hydrogens is 420 g/mol. The molecule has 2 fully saturated rings.